The second kappa shape index (κ2) is 7.75. The molecule has 9 heteroatoms. The van der Waals surface area contributed by atoms with Crippen molar-refractivity contribution in [3.8, 4) is 5.75 Å². The van der Waals surface area contributed by atoms with Gasteiger partial charge in [-0.05, 0) is 31.5 Å². The predicted molar refractivity (Wildman–Crippen MR) is 101 cm³/mol. The number of methoxy groups -OCH3 is 1. The summed E-state index contributed by atoms with van der Waals surface area (Å²) in [5.41, 5.74) is 1.64. The molecule has 27 heavy (non-hydrogen) atoms. The lowest BCUT2D eigenvalue weighted by molar-refractivity contribution is -0.130. The third-order valence-electron chi connectivity index (χ3n) is 4.27. The summed E-state index contributed by atoms with van der Waals surface area (Å²) in [5, 5.41) is 5.73. The molecule has 1 atom stereocenters. The molecule has 0 unspecified atom stereocenters. The van der Waals surface area contributed by atoms with Crippen molar-refractivity contribution in [1.29, 1.82) is 0 Å². The number of aryl methyl sites for hydroxylation is 2. The number of rotatable bonds is 6. The monoisotopic (exact) mass is 388 g/mol. The van der Waals surface area contributed by atoms with Gasteiger partial charge in [0, 0.05) is 4.88 Å². The minimum absolute atomic E-state index is 0.137. The van der Waals surface area contributed by atoms with Crippen molar-refractivity contribution in [1.82, 2.24) is 15.2 Å². The minimum Gasteiger partial charge on any atom is -0.497 e. The zero-order chi connectivity index (χ0) is 19.6. The molecule has 0 radical (unpaired) electrons. The van der Waals surface area contributed by atoms with Crippen molar-refractivity contribution in [2.75, 3.05) is 12.4 Å². The molecule has 2 N–H and O–H groups in total. The van der Waals surface area contributed by atoms with Crippen molar-refractivity contribution in [2.24, 2.45) is 0 Å². The molecule has 0 bridgehead atoms. The van der Waals surface area contributed by atoms with Gasteiger partial charge in [0.05, 0.1) is 25.8 Å². The van der Waals surface area contributed by atoms with Crippen molar-refractivity contribution in [3.63, 3.8) is 0 Å². The quantitative estimate of drug-likeness (QED) is 0.739. The fourth-order valence-corrected chi connectivity index (χ4v) is 3.49. The van der Waals surface area contributed by atoms with Crippen molar-refractivity contribution < 1.29 is 19.1 Å². The maximum absolute atomic E-state index is 12.5. The van der Waals surface area contributed by atoms with Gasteiger partial charge in [-0.3, -0.25) is 14.5 Å². The first-order valence-corrected chi connectivity index (χ1v) is 9.17. The number of thiazole rings is 1. The van der Waals surface area contributed by atoms with Crippen LogP contribution in [-0.2, 0) is 16.1 Å². The van der Waals surface area contributed by atoms with E-state index in [1.165, 1.54) is 11.3 Å². The molecular formula is C18H20N4O4S. The summed E-state index contributed by atoms with van der Waals surface area (Å²) in [4.78, 5) is 43.2. The van der Waals surface area contributed by atoms with Gasteiger partial charge < -0.3 is 15.4 Å². The number of nitrogens with zero attached hydrogens (tertiary/aromatic N) is 2. The van der Waals surface area contributed by atoms with E-state index in [9.17, 15) is 14.4 Å². The van der Waals surface area contributed by atoms with Gasteiger partial charge in [0.1, 0.15) is 11.8 Å². The Labute approximate surface area is 160 Å². The lowest BCUT2D eigenvalue weighted by Gasteiger charge is -2.13. The van der Waals surface area contributed by atoms with Gasteiger partial charge in [-0.1, -0.05) is 12.1 Å². The van der Waals surface area contributed by atoms with Gasteiger partial charge in [0.25, 0.3) is 5.91 Å². The minimum atomic E-state index is -0.877. The Bertz CT molecular complexity index is 858. The number of aromatic nitrogens is 1. The van der Waals surface area contributed by atoms with E-state index in [1.54, 1.807) is 31.4 Å². The van der Waals surface area contributed by atoms with Crippen LogP contribution in [0.15, 0.2) is 24.3 Å². The Balaban J connectivity index is 1.60. The van der Waals surface area contributed by atoms with E-state index in [2.05, 4.69) is 15.6 Å². The SMILES string of the molecule is COc1ccc(CN2C(=O)N[C@@H](CC(=O)Nc3nc(C)c(C)s3)C2=O)cc1. The van der Waals surface area contributed by atoms with Crippen LogP contribution in [0.25, 0.3) is 0 Å². The molecule has 2 aromatic rings. The van der Waals surface area contributed by atoms with Gasteiger partial charge >= 0.3 is 6.03 Å². The fraction of sp³-hybridized carbons (Fsp3) is 0.333. The smallest absolute Gasteiger partial charge is 0.325 e. The maximum Gasteiger partial charge on any atom is 0.325 e. The topological polar surface area (TPSA) is 101 Å². The lowest BCUT2D eigenvalue weighted by Crippen LogP contribution is -2.34. The molecule has 1 saturated heterocycles. The molecule has 1 aliphatic rings. The first-order chi connectivity index (χ1) is 12.9. The molecule has 2 heterocycles. The molecule has 4 amide bonds. The highest BCUT2D eigenvalue weighted by Crippen LogP contribution is 2.22. The summed E-state index contributed by atoms with van der Waals surface area (Å²) < 4.78 is 5.09. The summed E-state index contributed by atoms with van der Waals surface area (Å²) in [6, 6.07) is 5.71. The number of ether oxygens (including phenoxy) is 1. The van der Waals surface area contributed by atoms with Crippen LogP contribution in [0.5, 0.6) is 5.75 Å². The number of benzene rings is 1. The first-order valence-electron chi connectivity index (χ1n) is 8.36. The van der Waals surface area contributed by atoms with E-state index in [4.69, 9.17) is 4.74 Å². The standard InChI is InChI=1S/C18H20N4O4S/c1-10-11(2)27-17(19-10)21-15(23)8-14-16(24)22(18(25)20-14)9-12-4-6-13(26-3)7-5-12/h4-7,14H,8-9H2,1-3H3,(H,20,25)(H,19,21,23)/t14-/m0/s1. The van der Waals surface area contributed by atoms with Crippen LogP contribution >= 0.6 is 11.3 Å². The molecule has 8 nitrogen and oxygen atoms in total. The molecule has 1 fully saturated rings. The van der Waals surface area contributed by atoms with E-state index >= 15 is 0 Å². The Hall–Kier alpha value is -2.94. The third-order valence-corrected chi connectivity index (χ3v) is 5.26. The van der Waals surface area contributed by atoms with E-state index in [0.29, 0.717) is 10.9 Å². The summed E-state index contributed by atoms with van der Waals surface area (Å²) in [6.45, 7) is 3.91. The number of hydrogen-bond donors (Lipinski definition) is 2. The third kappa shape index (κ3) is 4.25. The number of anilines is 1. The van der Waals surface area contributed by atoms with Crippen LogP contribution in [0.1, 0.15) is 22.6 Å². The average Bonchev–Trinajstić information content (AvgIpc) is 3.08. The molecule has 3 rings (SSSR count). The highest BCUT2D eigenvalue weighted by molar-refractivity contribution is 7.15. The number of nitrogens with one attached hydrogen (secondary N) is 2. The summed E-state index contributed by atoms with van der Waals surface area (Å²) in [7, 11) is 1.57. The van der Waals surface area contributed by atoms with Gasteiger partial charge in [-0.25, -0.2) is 9.78 Å². The number of carbonyl (C=O) groups excluding carboxylic acids is 3. The van der Waals surface area contributed by atoms with Crippen LogP contribution in [-0.4, -0.2) is 40.9 Å². The van der Waals surface area contributed by atoms with Crippen LogP contribution < -0.4 is 15.4 Å². The predicted octanol–water partition coefficient (Wildman–Crippen LogP) is 2.22. The average molecular weight is 388 g/mol. The molecule has 0 saturated carbocycles. The second-order valence-corrected chi connectivity index (χ2v) is 7.39. The second-order valence-electron chi connectivity index (χ2n) is 6.19. The summed E-state index contributed by atoms with van der Waals surface area (Å²) in [5.74, 6) is -0.0932. The van der Waals surface area contributed by atoms with Crippen molar-refractivity contribution >= 4 is 34.3 Å². The van der Waals surface area contributed by atoms with Crippen molar-refractivity contribution in [3.05, 3.63) is 40.4 Å². The van der Waals surface area contributed by atoms with E-state index < -0.39 is 18.0 Å². The van der Waals surface area contributed by atoms with Crippen LogP contribution in [0.4, 0.5) is 9.93 Å². The van der Waals surface area contributed by atoms with Gasteiger partial charge in [0.15, 0.2) is 5.13 Å². The Morgan fingerprint density at radius 2 is 2.00 bits per heavy atom. The maximum atomic E-state index is 12.5. The molecule has 1 aromatic carbocycles. The number of urea groups is 1. The van der Waals surface area contributed by atoms with Crippen LogP contribution in [0.3, 0.4) is 0 Å². The zero-order valence-electron chi connectivity index (χ0n) is 15.2. The Morgan fingerprint density at radius 1 is 1.30 bits per heavy atom. The number of amides is 4. The lowest BCUT2D eigenvalue weighted by atomic mass is 10.1. The molecule has 1 aromatic heterocycles. The van der Waals surface area contributed by atoms with E-state index in [0.717, 1.165) is 21.0 Å². The molecule has 1 aliphatic heterocycles. The van der Waals surface area contributed by atoms with Gasteiger partial charge in [0.2, 0.25) is 5.91 Å². The first kappa shape index (κ1) is 18.8. The highest BCUT2D eigenvalue weighted by atomic mass is 32.1. The summed E-state index contributed by atoms with van der Waals surface area (Å²) >= 11 is 1.37. The highest BCUT2D eigenvalue weighted by Gasteiger charge is 2.39. The summed E-state index contributed by atoms with van der Waals surface area (Å²) in [6.07, 6.45) is -0.138. The Kier molecular flexibility index (Phi) is 5.41. The fourth-order valence-electron chi connectivity index (χ4n) is 2.66. The van der Waals surface area contributed by atoms with Crippen LogP contribution in [0, 0.1) is 13.8 Å². The number of hydrogen-bond acceptors (Lipinski definition) is 6. The molecule has 0 spiro atoms. The normalized spacial score (nSPS) is 16.4. The van der Waals surface area contributed by atoms with Crippen LogP contribution in [0.2, 0.25) is 0 Å². The Morgan fingerprint density at radius 3 is 2.59 bits per heavy atom. The van der Waals surface area contributed by atoms with Gasteiger partial charge in [-0.15, -0.1) is 11.3 Å². The van der Waals surface area contributed by atoms with E-state index in [-0.39, 0.29) is 18.9 Å². The van der Waals surface area contributed by atoms with Crippen molar-refractivity contribution in [2.45, 2.75) is 32.9 Å². The zero-order valence-corrected chi connectivity index (χ0v) is 16.1. The van der Waals surface area contributed by atoms with Gasteiger partial charge in [-0.2, -0.15) is 0 Å². The molecular weight excluding hydrogens is 368 g/mol. The molecule has 142 valence electrons. The number of carbonyl (C=O) groups is 3. The largest absolute Gasteiger partial charge is 0.497 e. The number of imide groups is 1. The van der Waals surface area contributed by atoms with E-state index in [1.807, 2.05) is 13.8 Å². The molecule has 0 aliphatic carbocycles.